The van der Waals surface area contributed by atoms with Crippen molar-refractivity contribution >= 4 is 17.3 Å². The Morgan fingerprint density at radius 2 is 2.25 bits per heavy atom. The van der Waals surface area contributed by atoms with E-state index in [1.165, 1.54) is 25.4 Å². The van der Waals surface area contributed by atoms with Crippen molar-refractivity contribution in [3.05, 3.63) is 23.4 Å². The van der Waals surface area contributed by atoms with Gasteiger partial charge in [0.15, 0.2) is 17.3 Å². The molecule has 1 heterocycles. The number of phenolic OH excluding ortho intramolecular Hbond substituents is 1. The number of hydrogen-bond donors (Lipinski definition) is 2. The van der Waals surface area contributed by atoms with Gasteiger partial charge in [-0.1, -0.05) is 16.8 Å². The zero-order valence-electron chi connectivity index (χ0n) is 8.40. The van der Waals surface area contributed by atoms with Gasteiger partial charge in [-0.3, -0.25) is 0 Å². The number of nitrogens with two attached hydrogens (primary N) is 1. The Kier molecular flexibility index (Phi) is 2.62. The minimum atomic E-state index is -0.0876. The maximum absolute atomic E-state index is 9.88. The highest BCUT2D eigenvalue weighted by Gasteiger charge is 2.17. The summed E-state index contributed by atoms with van der Waals surface area (Å²) in [6.07, 6.45) is 1.35. The minimum Gasteiger partial charge on any atom is -0.504 e. The van der Waals surface area contributed by atoms with Gasteiger partial charge in [0.25, 0.3) is 0 Å². The Hall–Kier alpha value is -1.88. The van der Waals surface area contributed by atoms with Crippen LogP contribution in [0.3, 0.4) is 0 Å². The molecule has 0 saturated heterocycles. The van der Waals surface area contributed by atoms with Crippen LogP contribution in [0.15, 0.2) is 22.9 Å². The lowest BCUT2D eigenvalue weighted by Gasteiger charge is -2.07. The molecular weight excluding hydrogens is 232 g/mol. The van der Waals surface area contributed by atoms with E-state index in [1.807, 2.05) is 0 Å². The Morgan fingerprint density at radius 3 is 2.81 bits per heavy atom. The summed E-state index contributed by atoms with van der Waals surface area (Å²) in [7, 11) is 1.43. The zero-order valence-corrected chi connectivity index (χ0v) is 9.15. The number of anilines is 1. The molecule has 0 amide bonds. The molecule has 16 heavy (non-hydrogen) atoms. The molecular formula is C10H9ClN2O3. The van der Waals surface area contributed by atoms with Crippen LogP contribution >= 0.6 is 11.6 Å². The molecule has 0 aliphatic rings. The summed E-state index contributed by atoms with van der Waals surface area (Å²) in [6, 6.07) is 3.02. The highest BCUT2D eigenvalue weighted by atomic mass is 35.5. The van der Waals surface area contributed by atoms with Crippen molar-refractivity contribution in [2.75, 3.05) is 12.8 Å². The summed E-state index contributed by atoms with van der Waals surface area (Å²) in [4.78, 5) is 0. The second-order valence-corrected chi connectivity index (χ2v) is 3.55. The van der Waals surface area contributed by atoms with E-state index in [2.05, 4.69) is 5.16 Å². The number of hydrogen-bond acceptors (Lipinski definition) is 5. The molecule has 6 heteroatoms. The quantitative estimate of drug-likeness (QED) is 0.842. The molecule has 0 bridgehead atoms. The standard InChI is InChI=1S/C10H9ClN2O3/c1-15-8-3-5(11)2-6(9(8)14)10-7(12)4-13-16-10/h2-4,14H,12H2,1H3. The van der Waals surface area contributed by atoms with Crippen LogP contribution in [0.1, 0.15) is 0 Å². The number of halogens is 1. The number of nitrogens with zero attached hydrogens (tertiary/aromatic N) is 1. The average Bonchev–Trinajstić information content (AvgIpc) is 2.67. The Morgan fingerprint density at radius 1 is 1.50 bits per heavy atom. The monoisotopic (exact) mass is 240 g/mol. The van der Waals surface area contributed by atoms with Gasteiger partial charge in [-0.05, 0) is 6.07 Å². The van der Waals surface area contributed by atoms with E-state index in [-0.39, 0.29) is 17.3 Å². The number of ether oxygens (including phenoxy) is 1. The van der Waals surface area contributed by atoms with E-state index in [4.69, 9.17) is 26.6 Å². The fourth-order valence-corrected chi connectivity index (χ4v) is 1.56. The number of aromatic hydroxyl groups is 1. The number of aromatic nitrogens is 1. The normalized spacial score (nSPS) is 10.4. The van der Waals surface area contributed by atoms with Gasteiger partial charge in [0.1, 0.15) is 5.69 Å². The molecule has 3 N–H and O–H groups in total. The lowest BCUT2D eigenvalue weighted by molar-refractivity contribution is 0.372. The van der Waals surface area contributed by atoms with Crippen molar-refractivity contribution in [2.24, 2.45) is 0 Å². The van der Waals surface area contributed by atoms with Crippen molar-refractivity contribution < 1.29 is 14.4 Å². The molecule has 0 aliphatic heterocycles. The van der Waals surface area contributed by atoms with Gasteiger partial charge in [0.05, 0.1) is 18.9 Å². The van der Waals surface area contributed by atoms with E-state index in [0.29, 0.717) is 16.3 Å². The van der Waals surface area contributed by atoms with E-state index in [1.54, 1.807) is 0 Å². The van der Waals surface area contributed by atoms with Crippen molar-refractivity contribution in [3.63, 3.8) is 0 Å². The third kappa shape index (κ3) is 1.65. The predicted octanol–water partition coefficient (Wildman–Crippen LogP) is 2.29. The van der Waals surface area contributed by atoms with Gasteiger partial charge in [-0.15, -0.1) is 0 Å². The Bertz CT molecular complexity index is 525. The largest absolute Gasteiger partial charge is 0.504 e. The van der Waals surface area contributed by atoms with Gasteiger partial charge < -0.3 is 20.1 Å². The highest BCUT2D eigenvalue weighted by molar-refractivity contribution is 6.31. The molecule has 1 aromatic heterocycles. The van der Waals surface area contributed by atoms with E-state index >= 15 is 0 Å². The molecule has 0 atom stereocenters. The summed E-state index contributed by atoms with van der Waals surface area (Å²) in [5.74, 6) is 0.423. The molecule has 0 aliphatic carbocycles. The maximum Gasteiger partial charge on any atom is 0.193 e. The third-order valence-electron chi connectivity index (χ3n) is 2.10. The SMILES string of the molecule is COc1cc(Cl)cc(-c2oncc2N)c1O. The molecule has 0 radical (unpaired) electrons. The third-order valence-corrected chi connectivity index (χ3v) is 2.32. The Labute approximate surface area is 96.4 Å². The van der Waals surface area contributed by atoms with Crippen LogP contribution in [0.5, 0.6) is 11.5 Å². The molecule has 1 aromatic carbocycles. The molecule has 2 aromatic rings. The highest BCUT2D eigenvalue weighted by Crippen LogP contribution is 2.41. The molecule has 2 rings (SSSR count). The number of rotatable bonds is 2. The van der Waals surface area contributed by atoms with Crippen LogP contribution in [0.2, 0.25) is 5.02 Å². The summed E-state index contributed by atoms with van der Waals surface area (Å²) in [5, 5.41) is 13.8. The molecule has 5 nitrogen and oxygen atoms in total. The van der Waals surface area contributed by atoms with Gasteiger partial charge >= 0.3 is 0 Å². The van der Waals surface area contributed by atoms with Crippen LogP contribution in [0, 0.1) is 0 Å². The van der Waals surface area contributed by atoms with Crippen LogP contribution in [-0.4, -0.2) is 17.4 Å². The number of phenols is 1. The van der Waals surface area contributed by atoms with Gasteiger partial charge in [-0.25, -0.2) is 0 Å². The number of nitrogen functional groups attached to an aromatic ring is 1. The fourth-order valence-electron chi connectivity index (χ4n) is 1.35. The average molecular weight is 241 g/mol. The summed E-state index contributed by atoms with van der Waals surface area (Å²) in [6.45, 7) is 0. The molecule has 0 fully saturated rings. The minimum absolute atomic E-state index is 0.0876. The van der Waals surface area contributed by atoms with E-state index < -0.39 is 0 Å². The van der Waals surface area contributed by atoms with Crippen LogP contribution in [-0.2, 0) is 0 Å². The summed E-state index contributed by atoms with van der Waals surface area (Å²) < 4.78 is 9.90. The van der Waals surface area contributed by atoms with E-state index in [9.17, 15) is 5.11 Å². The fraction of sp³-hybridized carbons (Fsp3) is 0.100. The summed E-state index contributed by atoms with van der Waals surface area (Å²) in [5.41, 5.74) is 6.30. The van der Waals surface area contributed by atoms with Gasteiger partial charge in [0.2, 0.25) is 0 Å². The molecule has 84 valence electrons. The first kappa shape index (κ1) is 10.6. The van der Waals surface area contributed by atoms with Crippen LogP contribution < -0.4 is 10.5 Å². The van der Waals surface area contributed by atoms with Crippen molar-refractivity contribution in [2.45, 2.75) is 0 Å². The van der Waals surface area contributed by atoms with Gasteiger partial charge in [-0.2, -0.15) is 0 Å². The number of methoxy groups -OCH3 is 1. The first-order chi connectivity index (χ1) is 7.63. The zero-order chi connectivity index (χ0) is 11.7. The molecule has 0 unspecified atom stereocenters. The van der Waals surface area contributed by atoms with Crippen molar-refractivity contribution in [1.82, 2.24) is 5.16 Å². The Balaban J connectivity index is 2.65. The van der Waals surface area contributed by atoms with E-state index in [0.717, 1.165) is 0 Å². The lowest BCUT2D eigenvalue weighted by Crippen LogP contribution is -1.89. The topological polar surface area (TPSA) is 81.5 Å². The smallest absolute Gasteiger partial charge is 0.193 e. The first-order valence-electron chi connectivity index (χ1n) is 4.40. The maximum atomic E-state index is 9.88. The summed E-state index contributed by atoms with van der Waals surface area (Å²) >= 11 is 5.88. The van der Waals surface area contributed by atoms with Crippen molar-refractivity contribution in [1.29, 1.82) is 0 Å². The van der Waals surface area contributed by atoms with Crippen LogP contribution in [0.4, 0.5) is 5.69 Å². The van der Waals surface area contributed by atoms with Gasteiger partial charge in [0, 0.05) is 11.1 Å². The molecule has 0 saturated carbocycles. The number of benzene rings is 1. The second-order valence-electron chi connectivity index (χ2n) is 3.11. The molecule has 0 spiro atoms. The lowest BCUT2D eigenvalue weighted by atomic mass is 10.1. The first-order valence-corrected chi connectivity index (χ1v) is 4.78. The second kappa shape index (κ2) is 3.94. The van der Waals surface area contributed by atoms with Crippen molar-refractivity contribution in [3.8, 4) is 22.8 Å². The van der Waals surface area contributed by atoms with Crippen LogP contribution in [0.25, 0.3) is 11.3 Å². The predicted molar refractivity (Wildman–Crippen MR) is 59.6 cm³/mol.